The Morgan fingerprint density at radius 2 is 2.11 bits per heavy atom. The number of aryl methyl sites for hydroxylation is 1. The van der Waals surface area contributed by atoms with Gasteiger partial charge in [0.1, 0.15) is 0 Å². The Balaban J connectivity index is 1.82. The highest BCUT2D eigenvalue weighted by molar-refractivity contribution is 7.09. The summed E-state index contributed by atoms with van der Waals surface area (Å²) in [6.45, 7) is 4.65. The van der Waals surface area contributed by atoms with Crippen LogP contribution >= 0.6 is 11.3 Å². The fourth-order valence-corrected chi connectivity index (χ4v) is 2.58. The van der Waals surface area contributed by atoms with Crippen molar-refractivity contribution in [1.29, 1.82) is 0 Å². The van der Waals surface area contributed by atoms with Gasteiger partial charge in [-0.05, 0) is 6.92 Å². The van der Waals surface area contributed by atoms with Crippen molar-refractivity contribution >= 4 is 17.2 Å². The number of halogens is 2. The molecule has 4 nitrogen and oxygen atoms in total. The highest BCUT2D eigenvalue weighted by Gasteiger charge is 2.26. The van der Waals surface area contributed by atoms with Crippen molar-refractivity contribution in [1.82, 2.24) is 14.8 Å². The van der Waals surface area contributed by atoms with Crippen molar-refractivity contribution in [2.75, 3.05) is 26.2 Å². The van der Waals surface area contributed by atoms with Gasteiger partial charge in [0.25, 0.3) is 5.91 Å². The fourth-order valence-electron chi connectivity index (χ4n) is 1.97. The molecule has 1 amide bonds. The smallest absolute Gasteiger partial charge is 0.315 e. The Morgan fingerprint density at radius 1 is 1.44 bits per heavy atom. The van der Waals surface area contributed by atoms with Gasteiger partial charge in [0, 0.05) is 38.1 Å². The van der Waals surface area contributed by atoms with Crippen LogP contribution in [0, 0.1) is 6.92 Å². The minimum absolute atomic E-state index is 0.367. The van der Waals surface area contributed by atoms with E-state index in [4.69, 9.17) is 0 Å². The van der Waals surface area contributed by atoms with Gasteiger partial charge >= 0.3 is 6.43 Å². The van der Waals surface area contributed by atoms with Crippen LogP contribution in [0.2, 0.25) is 0 Å². The minimum atomic E-state index is -2.89. The number of hydrogen-bond acceptors (Lipinski definition) is 4. The highest BCUT2D eigenvalue weighted by Crippen LogP contribution is 2.13. The van der Waals surface area contributed by atoms with E-state index in [1.54, 1.807) is 11.3 Å². The number of piperazine rings is 1. The summed E-state index contributed by atoms with van der Waals surface area (Å²) in [5.74, 6) is -1.06. The molecular weight excluding hydrogens is 260 g/mol. The SMILES string of the molecule is Cc1nc(CN2CCN(C(=O)C(F)F)CC2)cs1. The van der Waals surface area contributed by atoms with Gasteiger partial charge in [-0.3, -0.25) is 9.69 Å². The van der Waals surface area contributed by atoms with E-state index in [-0.39, 0.29) is 0 Å². The minimum Gasteiger partial charge on any atom is -0.335 e. The number of carbonyl (C=O) groups excluding carboxylic acids is 1. The number of alkyl halides is 2. The molecule has 100 valence electrons. The summed E-state index contributed by atoms with van der Waals surface area (Å²) in [7, 11) is 0. The van der Waals surface area contributed by atoms with Crippen LogP contribution in [0.25, 0.3) is 0 Å². The molecule has 0 unspecified atom stereocenters. The molecule has 1 fully saturated rings. The lowest BCUT2D eigenvalue weighted by molar-refractivity contribution is -0.144. The second-order valence-corrected chi connectivity index (χ2v) is 5.32. The number of aromatic nitrogens is 1. The quantitative estimate of drug-likeness (QED) is 0.836. The average Bonchev–Trinajstić information content (AvgIpc) is 2.75. The van der Waals surface area contributed by atoms with E-state index in [2.05, 4.69) is 9.88 Å². The van der Waals surface area contributed by atoms with E-state index in [1.165, 1.54) is 4.90 Å². The van der Waals surface area contributed by atoms with Crippen LogP contribution in [0.3, 0.4) is 0 Å². The average molecular weight is 275 g/mol. The third kappa shape index (κ3) is 3.23. The molecule has 0 aliphatic carbocycles. The van der Waals surface area contributed by atoms with Crippen LogP contribution in [0.15, 0.2) is 5.38 Å². The maximum Gasteiger partial charge on any atom is 0.315 e. The van der Waals surface area contributed by atoms with Gasteiger partial charge in [0.15, 0.2) is 0 Å². The molecule has 0 atom stereocenters. The molecule has 1 aliphatic rings. The molecule has 2 rings (SSSR count). The van der Waals surface area contributed by atoms with Crippen LogP contribution in [0.1, 0.15) is 10.7 Å². The van der Waals surface area contributed by atoms with Gasteiger partial charge in [0.2, 0.25) is 0 Å². The molecule has 2 heterocycles. The first-order valence-corrected chi connectivity index (χ1v) is 6.64. The zero-order valence-corrected chi connectivity index (χ0v) is 10.9. The third-order valence-electron chi connectivity index (χ3n) is 2.92. The third-order valence-corrected chi connectivity index (χ3v) is 3.75. The molecule has 1 aliphatic heterocycles. The van der Waals surface area contributed by atoms with Gasteiger partial charge in [-0.25, -0.2) is 4.98 Å². The van der Waals surface area contributed by atoms with Crippen molar-refractivity contribution in [3.8, 4) is 0 Å². The second kappa shape index (κ2) is 5.71. The molecule has 0 radical (unpaired) electrons. The zero-order valence-electron chi connectivity index (χ0n) is 10.1. The molecule has 18 heavy (non-hydrogen) atoms. The van der Waals surface area contributed by atoms with Gasteiger partial charge in [0.05, 0.1) is 10.7 Å². The van der Waals surface area contributed by atoms with E-state index >= 15 is 0 Å². The number of nitrogens with zero attached hydrogens (tertiary/aromatic N) is 3. The molecule has 0 aromatic carbocycles. The van der Waals surface area contributed by atoms with Crippen LogP contribution in [0.4, 0.5) is 8.78 Å². The summed E-state index contributed by atoms with van der Waals surface area (Å²) in [6.07, 6.45) is -2.89. The number of thiazole rings is 1. The zero-order chi connectivity index (χ0) is 13.1. The van der Waals surface area contributed by atoms with Gasteiger partial charge < -0.3 is 4.90 Å². The first-order chi connectivity index (χ1) is 8.56. The Bertz CT molecular complexity index is 416. The molecule has 0 spiro atoms. The van der Waals surface area contributed by atoms with E-state index in [1.807, 2.05) is 12.3 Å². The molecule has 1 aromatic heterocycles. The molecule has 1 saturated heterocycles. The van der Waals surface area contributed by atoms with E-state index in [0.29, 0.717) is 26.2 Å². The molecule has 0 saturated carbocycles. The second-order valence-electron chi connectivity index (χ2n) is 4.26. The van der Waals surface area contributed by atoms with Gasteiger partial charge in [-0.15, -0.1) is 11.3 Å². The van der Waals surface area contributed by atoms with Crippen LogP contribution < -0.4 is 0 Å². The number of carbonyl (C=O) groups is 1. The van der Waals surface area contributed by atoms with Crippen molar-refractivity contribution in [2.24, 2.45) is 0 Å². The predicted molar refractivity (Wildman–Crippen MR) is 64.7 cm³/mol. The summed E-state index contributed by atoms with van der Waals surface area (Å²) >= 11 is 1.60. The van der Waals surface area contributed by atoms with Gasteiger partial charge in [-0.1, -0.05) is 0 Å². The summed E-state index contributed by atoms with van der Waals surface area (Å²) in [5, 5.41) is 3.03. The normalized spacial score (nSPS) is 17.4. The van der Waals surface area contributed by atoms with Crippen molar-refractivity contribution in [3.63, 3.8) is 0 Å². The lowest BCUT2D eigenvalue weighted by Crippen LogP contribution is -2.49. The number of rotatable bonds is 3. The largest absolute Gasteiger partial charge is 0.335 e. The standard InChI is InChI=1S/C11H15F2N3OS/c1-8-14-9(7-18-8)6-15-2-4-16(5-3-15)11(17)10(12)13/h7,10H,2-6H2,1H3. The van der Waals surface area contributed by atoms with Crippen molar-refractivity contribution in [2.45, 2.75) is 19.9 Å². The summed E-state index contributed by atoms with van der Waals surface area (Å²) in [5.41, 5.74) is 1.01. The highest BCUT2D eigenvalue weighted by atomic mass is 32.1. The maximum atomic E-state index is 12.2. The Morgan fingerprint density at radius 3 is 2.61 bits per heavy atom. The Hall–Kier alpha value is -1.08. The van der Waals surface area contributed by atoms with Crippen molar-refractivity contribution in [3.05, 3.63) is 16.1 Å². The molecule has 0 N–H and O–H groups in total. The Kier molecular flexibility index (Phi) is 4.23. The molecular formula is C11H15F2N3OS. The lowest BCUT2D eigenvalue weighted by atomic mass is 10.3. The fraction of sp³-hybridized carbons (Fsp3) is 0.636. The Labute approximate surface area is 108 Å². The maximum absolute atomic E-state index is 12.2. The lowest BCUT2D eigenvalue weighted by Gasteiger charge is -2.34. The van der Waals surface area contributed by atoms with Crippen molar-refractivity contribution < 1.29 is 13.6 Å². The molecule has 1 aromatic rings. The topological polar surface area (TPSA) is 36.4 Å². The van der Waals surface area contributed by atoms with E-state index < -0.39 is 12.3 Å². The van der Waals surface area contributed by atoms with E-state index in [0.717, 1.165) is 17.2 Å². The summed E-state index contributed by atoms with van der Waals surface area (Å²) in [4.78, 5) is 18.8. The number of amides is 1. The van der Waals surface area contributed by atoms with Gasteiger partial charge in [-0.2, -0.15) is 8.78 Å². The molecule has 0 bridgehead atoms. The summed E-state index contributed by atoms with van der Waals surface area (Å²) < 4.78 is 24.5. The molecule has 7 heteroatoms. The van der Waals surface area contributed by atoms with Crippen LogP contribution in [0.5, 0.6) is 0 Å². The summed E-state index contributed by atoms with van der Waals surface area (Å²) in [6, 6.07) is 0. The predicted octanol–water partition coefficient (Wildman–Crippen LogP) is 1.36. The van der Waals surface area contributed by atoms with E-state index in [9.17, 15) is 13.6 Å². The first-order valence-electron chi connectivity index (χ1n) is 5.76. The number of hydrogen-bond donors (Lipinski definition) is 0. The monoisotopic (exact) mass is 275 g/mol. The van der Waals surface area contributed by atoms with Crippen LogP contribution in [-0.2, 0) is 11.3 Å². The van der Waals surface area contributed by atoms with Crippen LogP contribution in [-0.4, -0.2) is 53.3 Å². The first kappa shape index (κ1) is 13.4.